The summed E-state index contributed by atoms with van der Waals surface area (Å²) in [6, 6.07) is 5.95. The maximum absolute atomic E-state index is 13.3. The Hall–Kier alpha value is -2.25. The van der Waals surface area contributed by atoms with Gasteiger partial charge in [-0.1, -0.05) is 23.9 Å². The van der Waals surface area contributed by atoms with Crippen molar-refractivity contribution in [2.75, 3.05) is 6.79 Å². The molecule has 1 aromatic carbocycles. The fraction of sp³-hybridized carbons (Fsp3) is 0.333. The minimum absolute atomic E-state index is 0.0671. The number of thiophene rings is 1. The Bertz CT molecular complexity index is 1130. The average molecular weight is 413 g/mol. The van der Waals surface area contributed by atoms with E-state index in [1.54, 1.807) is 33.7 Å². The Balaban J connectivity index is 1.52. The van der Waals surface area contributed by atoms with E-state index in [4.69, 9.17) is 14.5 Å². The van der Waals surface area contributed by atoms with E-state index >= 15 is 0 Å². The smallest absolute Gasteiger partial charge is 0.263 e. The Morgan fingerprint density at radius 1 is 1.25 bits per heavy atom. The molecule has 0 saturated carbocycles. The van der Waals surface area contributed by atoms with Crippen LogP contribution in [0.1, 0.15) is 28.8 Å². The molecule has 0 saturated heterocycles. The van der Waals surface area contributed by atoms with Crippen LogP contribution in [0.4, 0.5) is 0 Å². The van der Waals surface area contributed by atoms with Crippen LogP contribution in [0.3, 0.4) is 0 Å². The SMILES string of the molecule is C=CCn1c(SCc2ccc3c(c2)OCO3)nc2sc3c(c2c1=O)CCCC3. The first-order valence-corrected chi connectivity index (χ1v) is 11.2. The minimum atomic E-state index is 0.0671. The molecule has 5 nitrogen and oxygen atoms in total. The molecule has 1 aliphatic carbocycles. The summed E-state index contributed by atoms with van der Waals surface area (Å²) < 4.78 is 12.6. The second-order valence-electron chi connectivity index (χ2n) is 6.97. The Morgan fingerprint density at radius 3 is 3.00 bits per heavy atom. The lowest BCUT2D eigenvalue weighted by atomic mass is 9.97. The highest BCUT2D eigenvalue weighted by atomic mass is 32.2. The van der Waals surface area contributed by atoms with Crippen LogP contribution in [0.15, 0.2) is 40.8 Å². The van der Waals surface area contributed by atoms with Gasteiger partial charge in [-0.2, -0.15) is 0 Å². The van der Waals surface area contributed by atoms with E-state index in [2.05, 4.69) is 6.58 Å². The summed E-state index contributed by atoms with van der Waals surface area (Å²) >= 11 is 3.27. The van der Waals surface area contributed by atoms with Gasteiger partial charge in [0.05, 0.1) is 5.39 Å². The van der Waals surface area contributed by atoms with Gasteiger partial charge in [0, 0.05) is 17.2 Å². The molecular weight excluding hydrogens is 392 g/mol. The summed E-state index contributed by atoms with van der Waals surface area (Å²) in [7, 11) is 0. The summed E-state index contributed by atoms with van der Waals surface area (Å²) in [5, 5.41) is 1.57. The van der Waals surface area contributed by atoms with Gasteiger partial charge in [-0.3, -0.25) is 9.36 Å². The van der Waals surface area contributed by atoms with Crippen LogP contribution in [0.2, 0.25) is 0 Å². The van der Waals surface area contributed by atoms with Crippen LogP contribution in [0, 0.1) is 0 Å². The van der Waals surface area contributed by atoms with Crippen molar-refractivity contribution < 1.29 is 9.47 Å². The zero-order valence-electron chi connectivity index (χ0n) is 15.4. The Kier molecular flexibility index (Phi) is 4.64. The van der Waals surface area contributed by atoms with Crippen LogP contribution in [-0.2, 0) is 25.1 Å². The number of benzene rings is 1. The second-order valence-corrected chi connectivity index (χ2v) is 8.99. The maximum Gasteiger partial charge on any atom is 0.263 e. The van der Waals surface area contributed by atoms with E-state index in [-0.39, 0.29) is 12.4 Å². The van der Waals surface area contributed by atoms with Crippen LogP contribution < -0.4 is 15.0 Å². The van der Waals surface area contributed by atoms with Crippen LogP contribution in [0.5, 0.6) is 11.5 Å². The van der Waals surface area contributed by atoms with Crippen molar-refractivity contribution in [2.24, 2.45) is 0 Å². The summed E-state index contributed by atoms with van der Waals surface area (Å²) in [4.78, 5) is 20.4. The van der Waals surface area contributed by atoms with Gasteiger partial charge < -0.3 is 9.47 Å². The molecule has 3 aromatic rings. The second kappa shape index (κ2) is 7.29. The molecule has 0 bridgehead atoms. The van der Waals surface area contributed by atoms with Gasteiger partial charge in [0.25, 0.3) is 5.56 Å². The predicted molar refractivity (Wildman–Crippen MR) is 113 cm³/mol. The number of rotatable bonds is 5. The fourth-order valence-electron chi connectivity index (χ4n) is 3.80. The molecule has 5 rings (SSSR count). The zero-order chi connectivity index (χ0) is 19.1. The highest BCUT2D eigenvalue weighted by molar-refractivity contribution is 7.98. The van der Waals surface area contributed by atoms with Crippen molar-refractivity contribution in [3.05, 3.63) is 57.2 Å². The van der Waals surface area contributed by atoms with Gasteiger partial charge in [-0.05, 0) is 48.9 Å². The third-order valence-corrected chi connectivity index (χ3v) is 7.39. The number of aromatic nitrogens is 2. The van der Waals surface area contributed by atoms with Crippen molar-refractivity contribution in [2.45, 2.75) is 43.1 Å². The van der Waals surface area contributed by atoms with E-state index < -0.39 is 0 Å². The van der Waals surface area contributed by atoms with Gasteiger partial charge in [0.15, 0.2) is 16.7 Å². The van der Waals surface area contributed by atoms with Crippen molar-refractivity contribution in [3.63, 3.8) is 0 Å². The quantitative estimate of drug-likeness (QED) is 0.350. The summed E-state index contributed by atoms with van der Waals surface area (Å²) in [5.41, 5.74) is 2.41. The van der Waals surface area contributed by atoms with Gasteiger partial charge in [0.2, 0.25) is 6.79 Å². The predicted octanol–water partition coefficient (Wildman–Crippen LogP) is 4.54. The fourth-order valence-corrected chi connectivity index (χ4v) is 6.05. The minimum Gasteiger partial charge on any atom is -0.454 e. The van der Waals surface area contributed by atoms with Gasteiger partial charge >= 0.3 is 0 Å². The number of hydrogen-bond acceptors (Lipinski definition) is 6. The molecule has 0 amide bonds. The van der Waals surface area contributed by atoms with Crippen molar-refractivity contribution in [1.29, 1.82) is 0 Å². The molecular formula is C21H20N2O3S2. The molecule has 7 heteroatoms. The molecule has 0 unspecified atom stereocenters. The van der Waals surface area contributed by atoms with E-state index in [0.717, 1.165) is 51.7 Å². The first-order valence-electron chi connectivity index (χ1n) is 9.42. The molecule has 1 aliphatic heterocycles. The summed E-state index contributed by atoms with van der Waals surface area (Å²) in [6.07, 6.45) is 6.17. The Morgan fingerprint density at radius 2 is 2.11 bits per heavy atom. The molecule has 144 valence electrons. The van der Waals surface area contributed by atoms with Gasteiger partial charge in [-0.25, -0.2) is 4.98 Å². The summed E-state index contributed by atoms with van der Waals surface area (Å²) in [6.45, 7) is 4.56. The van der Waals surface area contributed by atoms with Crippen LogP contribution in [0.25, 0.3) is 10.2 Å². The lowest BCUT2D eigenvalue weighted by molar-refractivity contribution is 0.174. The number of ether oxygens (including phenoxy) is 2. The molecule has 0 spiro atoms. The Labute approximate surface area is 171 Å². The highest BCUT2D eigenvalue weighted by Gasteiger charge is 2.22. The molecule has 0 radical (unpaired) electrons. The third-order valence-electron chi connectivity index (χ3n) is 5.16. The number of allylic oxidation sites excluding steroid dienone is 1. The average Bonchev–Trinajstić information content (AvgIpc) is 3.32. The number of aryl methyl sites for hydroxylation is 2. The number of fused-ring (bicyclic) bond motifs is 4. The monoisotopic (exact) mass is 412 g/mol. The molecule has 0 atom stereocenters. The van der Waals surface area contributed by atoms with Crippen LogP contribution >= 0.6 is 23.1 Å². The molecule has 0 fully saturated rings. The molecule has 3 heterocycles. The van der Waals surface area contributed by atoms with E-state index in [0.29, 0.717) is 12.3 Å². The molecule has 28 heavy (non-hydrogen) atoms. The topological polar surface area (TPSA) is 53.4 Å². The normalized spacial score (nSPS) is 15.0. The van der Waals surface area contributed by atoms with Crippen molar-refractivity contribution in [1.82, 2.24) is 9.55 Å². The largest absolute Gasteiger partial charge is 0.454 e. The third kappa shape index (κ3) is 3.02. The van der Waals surface area contributed by atoms with Crippen molar-refractivity contribution >= 4 is 33.3 Å². The standard InChI is InChI=1S/C21H20N2O3S2/c1-2-9-23-20(24)18-14-5-3-4-6-17(14)28-19(18)22-21(23)27-11-13-7-8-15-16(10-13)26-12-25-15/h2,7-8,10H,1,3-6,9,11-12H2. The highest BCUT2D eigenvalue weighted by Crippen LogP contribution is 2.36. The first-order chi connectivity index (χ1) is 13.7. The van der Waals surface area contributed by atoms with E-state index in [1.807, 2.05) is 18.2 Å². The van der Waals surface area contributed by atoms with Crippen LogP contribution in [-0.4, -0.2) is 16.3 Å². The molecule has 2 aromatic heterocycles. The molecule has 0 N–H and O–H groups in total. The number of thioether (sulfide) groups is 1. The number of hydrogen-bond donors (Lipinski definition) is 0. The van der Waals surface area contributed by atoms with E-state index in [9.17, 15) is 4.79 Å². The maximum atomic E-state index is 13.3. The lowest BCUT2D eigenvalue weighted by Crippen LogP contribution is -2.23. The van der Waals surface area contributed by atoms with E-state index in [1.165, 1.54) is 16.9 Å². The lowest BCUT2D eigenvalue weighted by Gasteiger charge is -2.12. The number of nitrogens with zero attached hydrogens (tertiary/aromatic N) is 2. The van der Waals surface area contributed by atoms with Crippen molar-refractivity contribution in [3.8, 4) is 11.5 Å². The van der Waals surface area contributed by atoms with Gasteiger partial charge in [0.1, 0.15) is 4.83 Å². The molecule has 2 aliphatic rings. The zero-order valence-corrected chi connectivity index (χ0v) is 17.0. The van der Waals surface area contributed by atoms with Gasteiger partial charge in [-0.15, -0.1) is 17.9 Å². The summed E-state index contributed by atoms with van der Waals surface area (Å²) in [5.74, 6) is 2.26. The first kappa shape index (κ1) is 17.8.